The Bertz CT molecular complexity index is 540. The van der Waals surface area contributed by atoms with Gasteiger partial charge in [0.15, 0.2) is 5.03 Å². The van der Waals surface area contributed by atoms with E-state index < -0.39 is 16.1 Å². The fourth-order valence-corrected chi connectivity index (χ4v) is 4.03. The van der Waals surface area contributed by atoms with E-state index in [1.807, 2.05) is 19.0 Å². The topological polar surface area (TPSA) is 89.5 Å². The van der Waals surface area contributed by atoms with Crippen LogP contribution >= 0.6 is 0 Å². The highest BCUT2D eigenvalue weighted by Crippen LogP contribution is 2.25. The molecule has 1 saturated heterocycles. The third-order valence-electron chi connectivity index (χ3n) is 3.18. The lowest BCUT2D eigenvalue weighted by atomic mass is 10.2. The van der Waals surface area contributed by atoms with Crippen molar-refractivity contribution in [2.75, 3.05) is 27.2 Å². The molecule has 2 N–H and O–H groups in total. The summed E-state index contributed by atoms with van der Waals surface area (Å²) in [6.45, 7) is 2.43. The van der Waals surface area contributed by atoms with Crippen LogP contribution in [0.5, 0.6) is 0 Å². The van der Waals surface area contributed by atoms with Crippen LogP contribution in [-0.2, 0) is 10.0 Å². The monoisotopic (exact) mass is 288 g/mol. The van der Waals surface area contributed by atoms with E-state index in [2.05, 4.69) is 9.97 Å². The lowest BCUT2D eigenvalue weighted by Gasteiger charge is -2.25. The third-order valence-corrected chi connectivity index (χ3v) is 5.01. The maximum Gasteiger partial charge on any atom is 0.260 e. The summed E-state index contributed by atoms with van der Waals surface area (Å²) in [5, 5.41) is 9.83. The van der Waals surface area contributed by atoms with Gasteiger partial charge in [-0.1, -0.05) is 0 Å². The summed E-state index contributed by atoms with van der Waals surface area (Å²) in [4.78, 5) is 8.59. The molecule has 0 amide bonds. The molecule has 19 heavy (non-hydrogen) atoms. The predicted molar refractivity (Wildman–Crippen MR) is 70.2 cm³/mol. The zero-order valence-corrected chi connectivity index (χ0v) is 12.2. The average Bonchev–Trinajstić information content (AvgIpc) is 2.85. The molecule has 0 saturated carbocycles. The second-order valence-electron chi connectivity index (χ2n) is 5.21. The highest BCUT2D eigenvalue weighted by Gasteiger charge is 2.40. The van der Waals surface area contributed by atoms with Gasteiger partial charge in [0.1, 0.15) is 5.82 Å². The summed E-state index contributed by atoms with van der Waals surface area (Å²) < 4.78 is 26.4. The molecule has 8 heteroatoms. The van der Waals surface area contributed by atoms with E-state index in [0.29, 0.717) is 18.8 Å². The molecule has 0 bridgehead atoms. The minimum atomic E-state index is -3.62. The van der Waals surface area contributed by atoms with Crippen molar-refractivity contribution in [1.82, 2.24) is 19.2 Å². The minimum absolute atomic E-state index is 0.0860. The van der Waals surface area contributed by atoms with E-state index in [-0.39, 0.29) is 17.6 Å². The second kappa shape index (κ2) is 5.20. The van der Waals surface area contributed by atoms with Gasteiger partial charge in [-0.3, -0.25) is 0 Å². The number of nitrogens with zero attached hydrogens (tertiary/aromatic N) is 3. The Morgan fingerprint density at radius 2 is 2.26 bits per heavy atom. The van der Waals surface area contributed by atoms with Crippen molar-refractivity contribution < 1.29 is 13.5 Å². The number of rotatable bonds is 4. The molecule has 1 aliphatic heterocycles. The molecule has 0 spiro atoms. The molecule has 2 heterocycles. The van der Waals surface area contributed by atoms with Crippen LogP contribution in [-0.4, -0.2) is 72.0 Å². The van der Waals surface area contributed by atoms with Crippen LogP contribution in [0.1, 0.15) is 12.2 Å². The van der Waals surface area contributed by atoms with Gasteiger partial charge in [0, 0.05) is 19.1 Å². The lowest BCUT2D eigenvalue weighted by Crippen LogP contribution is -2.41. The van der Waals surface area contributed by atoms with Crippen molar-refractivity contribution in [3.8, 4) is 0 Å². The van der Waals surface area contributed by atoms with Crippen LogP contribution in [0.2, 0.25) is 0 Å². The van der Waals surface area contributed by atoms with Crippen LogP contribution in [0.25, 0.3) is 0 Å². The zero-order chi connectivity index (χ0) is 14.2. The maximum absolute atomic E-state index is 12.5. The highest BCUT2D eigenvalue weighted by molar-refractivity contribution is 7.89. The van der Waals surface area contributed by atoms with Gasteiger partial charge in [0.05, 0.1) is 12.3 Å². The van der Waals surface area contributed by atoms with Gasteiger partial charge in [-0.05, 0) is 27.4 Å². The molecule has 0 radical (unpaired) electrons. The summed E-state index contributed by atoms with van der Waals surface area (Å²) in [7, 11) is 0.153. The number of hydrogen-bond donors (Lipinski definition) is 2. The first kappa shape index (κ1) is 14.4. The number of aliphatic hydroxyl groups excluding tert-OH is 1. The first-order chi connectivity index (χ1) is 8.80. The number of nitrogens with one attached hydrogen (secondary N) is 1. The van der Waals surface area contributed by atoms with Crippen LogP contribution in [0.3, 0.4) is 0 Å². The number of imidazole rings is 1. The van der Waals surface area contributed by atoms with Crippen LogP contribution in [0.4, 0.5) is 0 Å². The summed E-state index contributed by atoms with van der Waals surface area (Å²) in [6, 6.07) is -0.210. The predicted octanol–water partition coefficient (Wildman–Crippen LogP) is -0.596. The number of sulfonamides is 1. The molecular weight excluding hydrogens is 268 g/mol. The Balaban J connectivity index is 2.28. The number of aromatic amines is 1. The van der Waals surface area contributed by atoms with Crippen molar-refractivity contribution in [3.63, 3.8) is 0 Å². The number of aliphatic hydroxyl groups is 1. The SMILES string of the molecule is Cc1ncc(S(=O)(=O)N2CC(O)CC2CN(C)C)[nH]1. The number of H-pyrrole nitrogens is 1. The number of hydrogen-bond acceptors (Lipinski definition) is 5. The smallest absolute Gasteiger partial charge is 0.260 e. The van der Waals surface area contributed by atoms with Crippen molar-refractivity contribution in [3.05, 3.63) is 12.0 Å². The molecular formula is C11H20N4O3S. The van der Waals surface area contributed by atoms with Crippen molar-refractivity contribution in [2.45, 2.75) is 30.5 Å². The summed E-state index contributed by atoms with van der Waals surface area (Å²) >= 11 is 0. The van der Waals surface area contributed by atoms with Crippen molar-refractivity contribution in [1.29, 1.82) is 0 Å². The molecule has 108 valence electrons. The van der Waals surface area contributed by atoms with E-state index in [4.69, 9.17) is 0 Å². The Labute approximate surface area is 113 Å². The number of β-amino-alcohol motifs (C(OH)–C–C–N with tert-alkyl or cyclic N) is 1. The average molecular weight is 288 g/mol. The quantitative estimate of drug-likeness (QED) is 0.772. The molecule has 1 aliphatic rings. The van der Waals surface area contributed by atoms with E-state index in [0.717, 1.165) is 0 Å². The maximum atomic E-state index is 12.5. The Morgan fingerprint density at radius 3 is 2.79 bits per heavy atom. The van der Waals surface area contributed by atoms with E-state index in [9.17, 15) is 13.5 Å². The van der Waals surface area contributed by atoms with Crippen molar-refractivity contribution in [2.24, 2.45) is 0 Å². The first-order valence-electron chi connectivity index (χ1n) is 6.17. The van der Waals surface area contributed by atoms with Gasteiger partial charge >= 0.3 is 0 Å². The fourth-order valence-electron chi connectivity index (χ4n) is 2.40. The van der Waals surface area contributed by atoms with Crippen LogP contribution < -0.4 is 0 Å². The molecule has 2 rings (SSSR count). The van der Waals surface area contributed by atoms with Gasteiger partial charge in [-0.25, -0.2) is 13.4 Å². The molecule has 1 aromatic heterocycles. The van der Waals surface area contributed by atoms with E-state index in [1.54, 1.807) is 6.92 Å². The molecule has 0 aliphatic carbocycles. The van der Waals surface area contributed by atoms with Crippen molar-refractivity contribution >= 4 is 10.0 Å². The zero-order valence-electron chi connectivity index (χ0n) is 11.4. The van der Waals surface area contributed by atoms with Gasteiger partial charge in [0.2, 0.25) is 0 Å². The summed E-state index contributed by atoms with van der Waals surface area (Å²) in [5.41, 5.74) is 0. The van der Waals surface area contributed by atoms with E-state index in [1.165, 1.54) is 10.5 Å². The standard InChI is InChI=1S/C11H20N4O3S/c1-8-12-5-11(13-8)19(17,18)15-7-10(16)4-9(15)6-14(2)3/h5,9-10,16H,4,6-7H2,1-3H3,(H,12,13). The normalized spacial score (nSPS) is 25.3. The minimum Gasteiger partial charge on any atom is -0.392 e. The highest BCUT2D eigenvalue weighted by atomic mass is 32.2. The molecule has 2 atom stereocenters. The summed E-state index contributed by atoms with van der Waals surface area (Å²) in [5.74, 6) is 0.558. The van der Waals surface area contributed by atoms with E-state index >= 15 is 0 Å². The third kappa shape index (κ3) is 2.97. The lowest BCUT2D eigenvalue weighted by molar-refractivity contribution is 0.188. The Kier molecular flexibility index (Phi) is 3.95. The first-order valence-corrected chi connectivity index (χ1v) is 7.61. The van der Waals surface area contributed by atoms with Gasteiger partial charge in [-0.2, -0.15) is 4.31 Å². The van der Waals surface area contributed by atoms with Gasteiger partial charge in [-0.15, -0.1) is 0 Å². The Hall–Kier alpha value is -0.960. The van der Waals surface area contributed by atoms with Crippen LogP contribution in [0.15, 0.2) is 11.2 Å². The second-order valence-corrected chi connectivity index (χ2v) is 7.07. The molecule has 1 aromatic rings. The molecule has 0 aromatic carbocycles. The van der Waals surface area contributed by atoms with Crippen LogP contribution in [0, 0.1) is 6.92 Å². The number of aryl methyl sites for hydroxylation is 1. The molecule has 1 fully saturated rings. The number of aromatic nitrogens is 2. The largest absolute Gasteiger partial charge is 0.392 e. The molecule has 7 nitrogen and oxygen atoms in total. The summed E-state index contributed by atoms with van der Waals surface area (Å²) in [6.07, 6.45) is 1.18. The van der Waals surface area contributed by atoms with Gasteiger partial charge < -0.3 is 15.0 Å². The Morgan fingerprint density at radius 1 is 1.58 bits per heavy atom. The van der Waals surface area contributed by atoms with Gasteiger partial charge in [0.25, 0.3) is 10.0 Å². The molecule has 2 unspecified atom stereocenters. The fraction of sp³-hybridized carbons (Fsp3) is 0.727. The number of likely N-dealkylation sites (N-methyl/N-ethyl adjacent to an activating group) is 1.